The van der Waals surface area contributed by atoms with Gasteiger partial charge in [-0.25, -0.2) is 4.98 Å². The molecule has 2 heterocycles. The van der Waals surface area contributed by atoms with Crippen molar-refractivity contribution in [3.8, 4) is 22.5 Å². The highest BCUT2D eigenvalue weighted by Crippen LogP contribution is 2.27. The molecule has 0 saturated carbocycles. The summed E-state index contributed by atoms with van der Waals surface area (Å²) < 4.78 is 1.57. The molecule has 0 aliphatic heterocycles. The minimum absolute atomic E-state index is 0.0267. The predicted octanol–water partition coefficient (Wildman–Crippen LogP) is 3.37. The molecule has 0 atom stereocenters. The third-order valence-corrected chi connectivity index (χ3v) is 3.67. The second-order valence-corrected chi connectivity index (χ2v) is 5.17. The number of nitro groups is 1. The quantitative estimate of drug-likeness (QED) is 0.427. The van der Waals surface area contributed by atoms with Crippen LogP contribution < -0.4 is 0 Å². The number of benzene rings is 2. The highest BCUT2D eigenvalue weighted by molar-refractivity contribution is 5.71. The minimum atomic E-state index is -0.415. The van der Waals surface area contributed by atoms with Gasteiger partial charge in [0, 0.05) is 23.3 Å². The van der Waals surface area contributed by atoms with Crippen LogP contribution in [0.1, 0.15) is 0 Å². The van der Waals surface area contributed by atoms with E-state index < -0.39 is 4.92 Å². The molecule has 4 aromatic rings. The first-order valence-corrected chi connectivity index (χ1v) is 7.23. The number of hydrogen-bond acceptors (Lipinski definition) is 5. The summed E-state index contributed by atoms with van der Waals surface area (Å²) in [6, 6.07) is 18.0. The number of hydrogen-bond donors (Lipinski definition) is 0. The van der Waals surface area contributed by atoms with Crippen molar-refractivity contribution in [2.45, 2.75) is 0 Å². The van der Waals surface area contributed by atoms with Crippen LogP contribution in [0.2, 0.25) is 0 Å². The van der Waals surface area contributed by atoms with Gasteiger partial charge in [0.25, 0.3) is 11.5 Å². The third-order valence-electron chi connectivity index (χ3n) is 3.67. The van der Waals surface area contributed by atoms with Crippen LogP contribution >= 0.6 is 0 Å². The normalized spacial score (nSPS) is 10.8. The monoisotopic (exact) mass is 317 g/mol. The van der Waals surface area contributed by atoms with Gasteiger partial charge in [-0.2, -0.15) is 14.6 Å². The standard InChI is InChI=1S/C17H11N5O2/c23-22(24)14-8-4-7-13(9-14)16-10-15(12-5-2-1-3-6-12)20-17-18-11-19-21(16)17/h1-11H. The summed E-state index contributed by atoms with van der Waals surface area (Å²) in [6.07, 6.45) is 1.41. The van der Waals surface area contributed by atoms with Gasteiger partial charge in [-0.3, -0.25) is 10.1 Å². The van der Waals surface area contributed by atoms with E-state index in [1.165, 1.54) is 18.5 Å². The molecule has 0 N–H and O–H groups in total. The maximum absolute atomic E-state index is 11.0. The minimum Gasteiger partial charge on any atom is -0.258 e. The van der Waals surface area contributed by atoms with Crippen molar-refractivity contribution >= 4 is 11.5 Å². The van der Waals surface area contributed by atoms with Gasteiger partial charge >= 0.3 is 0 Å². The zero-order valence-corrected chi connectivity index (χ0v) is 12.4. The molecule has 7 nitrogen and oxygen atoms in total. The molecule has 24 heavy (non-hydrogen) atoms. The van der Waals surface area contributed by atoms with Crippen LogP contribution in [-0.4, -0.2) is 24.5 Å². The maximum Gasteiger partial charge on any atom is 0.270 e. The zero-order valence-electron chi connectivity index (χ0n) is 12.4. The van der Waals surface area contributed by atoms with Gasteiger partial charge in [0.1, 0.15) is 6.33 Å². The molecule has 7 heteroatoms. The van der Waals surface area contributed by atoms with Crippen LogP contribution in [0.25, 0.3) is 28.3 Å². The van der Waals surface area contributed by atoms with Crippen LogP contribution in [0.5, 0.6) is 0 Å². The van der Waals surface area contributed by atoms with Crippen molar-refractivity contribution in [2.24, 2.45) is 0 Å². The molecule has 2 aromatic carbocycles. The summed E-state index contributed by atoms with van der Waals surface area (Å²) >= 11 is 0. The summed E-state index contributed by atoms with van der Waals surface area (Å²) in [6.45, 7) is 0. The Morgan fingerprint density at radius 2 is 1.75 bits per heavy atom. The van der Waals surface area contributed by atoms with Crippen molar-refractivity contribution in [3.63, 3.8) is 0 Å². The Bertz CT molecular complexity index is 1040. The average Bonchev–Trinajstić information content (AvgIpc) is 3.10. The molecule has 0 aliphatic carbocycles. The lowest BCUT2D eigenvalue weighted by Crippen LogP contribution is -1.99. The van der Waals surface area contributed by atoms with Gasteiger partial charge in [-0.1, -0.05) is 42.5 Å². The van der Waals surface area contributed by atoms with Gasteiger partial charge in [0.15, 0.2) is 0 Å². The van der Waals surface area contributed by atoms with Crippen LogP contribution in [0.3, 0.4) is 0 Å². The molecule has 0 amide bonds. The number of rotatable bonds is 3. The smallest absolute Gasteiger partial charge is 0.258 e. The van der Waals surface area contributed by atoms with Gasteiger partial charge in [-0.05, 0) is 6.07 Å². The first-order valence-electron chi connectivity index (χ1n) is 7.23. The van der Waals surface area contributed by atoms with Crippen molar-refractivity contribution in [1.29, 1.82) is 0 Å². The van der Waals surface area contributed by atoms with E-state index in [0.29, 0.717) is 17.0 Å². The van der Waals surface area contributed by atoms with Crippen LogP contribution in [0.15, 0.2) is 67.0 Å². The number of non-ortho nitro benzene ring substituents is 1. The highest BCUT2D eigenvalue weighted by atomic mass is 16.6. The van der Waals surface area contributed by atoms with Crippen LogP contribution in [0, 0.1) is 10.1 Å². The van der Waals surface area contributed by atoms with Crippen molar-refractivity contribution in [2.75, 3.05) is 0 Å². The van der Waals surface area contributed by atoms with Gasteiger partial charge in [0.05, 0.1) is 16.3 Å². The second-order valence-electron chi connectivity index (χ2n) is 5.17. The fraction of sp³-hybridized carbons (Fsp3) is 0. The molecule has 0 saturated heterocycles. The molecular formula is C17H11N5O2. The van der Waals surface area contributed by atoms with E-state index in [1.807, 2.05) is 36.4 Å². The van der Waals surface area contributed by atoms with E-state index in [1.54, 1.807) is 16.6 Å². The summed E-state index contributed by atoms with van der Waals surface area (Å²) in [4.78, 5) is 19.3. The molecule has 0 spiro atoms. The van der Waals surface area contributed by atoms with Crippen LogP contribution in [0.4, 0.5) is 5.69 Å². The highest BCUT2D eigenvalue weighted by Gasteiger charge is 2.13. The van der Waals surface area contributed by atoms with Crippen molar-refractivity contribution in [1.82, 2.24) is 19.6 Å². The zero-order chi connectivity index (χ0) is 16.5. The first-order chi connectivity index (χ1) is 11.7. The molecular weight excluding hydrogens is 306 g/mol. The van der Waals surface area contributed by atoms with E-state index in [-0.39, 0.29) is 5.69 Å². The van der Waals surface area contributed by atoms with Crippen LogP contribution in [-0.2, 0) is 0 Å². The van der Waals surface area contributed by atoms with E-state index >= 15 is 0 Å². The fourth-order valence-corrected chi connectivity index (χ4v) is 2.55. The van der Waals surface area contributed by atoms with Gasteiger partial charge in [-0.15, -0.1) is 0 Å². The third kappa shape index (κ3) is 2.38. The van der Waals surface area contributed by atoms with Gasteiger partial charge in [0.2, 0.25) is 0 Å². The van der Waals surface area contributed by atoms with Gasteiger partial charge < -0.3 is 0 Å². The number of nitrogens with zero attached hydrogens (tertiary/aromatic N) is 5. The topological polar surface area (TPSA) is 86.2 Å². The Balaban J connectivity index is 1.96. The largest absolute Gasteiger partial charge is 0.270 e. The van der Waals surface area contributed by atoms with Crippen molar-refractivity contribution in [3.05, 3.63) is 77.1 Å². The lowest BCUT2D eigenvalue weighted by molar-refractivity contribution is -0.384. The molecule has 2 aromatic heterocycles. The number of fused-ring (bicyclic) bond motifs is 1. The van der Waals surface area contributed by atoms with E-state index in [9.17, 15) is 10.1 Å². The first kappa shape index (κ1) is 14.0. The summed E-state index contributed by atoms with van der Waals surface area (Å²) in [5.74, 6) is 0.442. The fourth-order valence-electron chi connectivity index (χ4n) is 2.55. The number of nitro benzene ring substituents is 1. The van der Waals surface area contributed by atoms with E-state index in [0.717, 1.165) is 11.3 Å². The summed E-state index contributed by atoms with van der Waals surface area (Å²) in [5, 5.41) is 15.2. The summed E-state index contributed by atoms with van der Waals surface area (Å²) in [7, 11) is 0. The molecule has 116 valence electrons. The molecule has 0 bridgehead atoms. The number of aromatic nitrogens is 4. The maximum atomic E-state index is 11.0. The average molecular weight is 317 g/mol. The molecule has 0 fully saturated rings. The molecule has 0 unspecified atom stereocenters. The lowest BCUT2D eigenvalue weighted by atomic mass is 10.1. The second kappa shape index (κ2) is 5.54. The molecule has 0 radical (unpaired) electrons. The molecule has 4 rings (SSSR count). The predicted molar refractivity (Wildman–Crippen MR) is 88.3 cm³/mol. The lowest BCUT2D eigenvalue weighted by Gasteiger charge is -2.07. The Kier molecular flexibility index (Phi) is 3.24. The van der Waals surface area contributed by atoms with Crippen molar-refractivity contribution < 1.29 is 4.92 Å². The Hall–Kier alpha value is -3.61. The molecule has 0 aliphatic rings. The summed E-state index contributed by atoms with van der Waals surface area (Å²) in [5.41, 5.74) is 3.07. The Morgan fingerprint density at radius 3 is 2.54 bits per heavy atom. The SMILES string of the molecule is O=[N+]([O-])c1cccc(-c2cc(-c3ccccc3)nc3ncnn23)c1. The van der Waals surface area contributed by atoms with E-state index in [2.05, 4.69) is 15.1 Å². The van der Waals surface area contributed by atoms with E-state index in [4.69, 9.17) is 0 Å². The Labute approximate surface area is 136 Å². The Morgan fingerprint density at radius 1 is 0.958 bits per heavy atom.